The van der Waals surface area contributed by atoms with Gasteiger partial charge in [-0.15, -0.1) is 0 Å². The van der Waals surface area contributed by atoms with Crippen molar-refractivity contribution in [2.45, 2.75) is 220 Å². The summed E-state index contributed by atoms with van der Waals surface area (Å²) in [6.07, 6.45) is -1.26. The van der Waals surface area contributed by atoms with Crippen LogP contribution in [0.5, 0.6) is 23.0 Å². The third kappa shape index (κ3) is 11.2. The van der Waals surface area contributed by atoms with Gasteiger partial charge in [0.1, 0.15) is 23.0 Å². The van der Waals surface area contributed by atoms with Crippen molar-refractivity contribution in [1.82, 2.24) is 9.80 Å². The van der Waals surface area contributed by atoms with Gasteiger partial charge in [-0.2, -0.15) is 0 Å². The molecule has 0 unspecified atom stereocenters. The number of likely N-dealkylation sites (tertiary alicyclic amines) is 2. The molecule has 2 fully saturated rings. The van der Waals surface area contributed by atoms with Crippen molar-refractivity contribution >= 4 is 24.1 Å². The lowest BCUT2D eigenvalue weighted by Gasteiger charge is -2.66. The van der Waals surface area contributed by atoms with Gasteiger partial charge in [-0.3, -0.25) is 19.4 Å². The molecule has 0 radical (unpaired) electrons. The van der Waals surface area contributed by atoms with Crippen LogP contribution in [0.25, 0.3) is 0 Å². The number of carbonyl (C=O) groups excluding carboxylic acids is 2. The maximum atomic E-state index is 15.8. The number of benzene rings is 4. The topological polar surface area (TPSA) is 174 Å². The zero-order valence-electron chi connectivity index (χ0n) is 49.9. The Morgan fingerprint density at radius 1 is 0.481 bits per heavy atom. The van der Waals surface area contributed by atoms with Crippen molar-refractivity contribution in [3.05, 3.63) is 118 Å². The number of carboxylic acids is 2. The van der Waals surface area contributed by atoms with Gasteiger partial charge in [0, 0.05) is 34.0 Å². The van der Waals surface area contributed by atoms with Gasteiger partial charge in [0.2, 0.25) is 0 Å². The fourth-order valence-corrected chi connectivity index (χ4v) is 14.2. The standard InChI is InChI=1S/C65H90N2O10/c1-56(2,3)46-31-40(32-47(50(46)68)57(4,5)6)35-64(52(70)71,53(72)73)65(41-33-48(58(7,8)9)51(69)49(34-41)59(10,11)12,42-36-60(13,14)66(61(15,16)37-42)54(74)76-44-27-23-21-24-28-44)43-38-62(17,18)67(63(19,20)39-43)55(75)77-45-29-25-22-26-30-45/h21-34,42-43,68-69H,35-39H2,1-20H3,(H,70,71)(H,72,73). The first-order valence-electron chi connectivity index (χ1n) is 27.3. The second-order valence-electron chi connectivity index (χ2n) is 29.0. The van der Waals surface area contributed by atoms with E-state index in [1.54, 1.807) is 70.5 Å². The molecule has 2 heterocycles. The molecule has 6 rings (SSSR count). The number of para-hydroxylation sites is 2. The molecule has 0 bridgehead atoms. The van der Waals surface area contributed by atoms with Crippen LogP contribution < -0.4 is 9.47 Å². The minimum Gasteiger partial charge on any atom is -0.507 e. The van der Waals surface area contributed by atoms with Gasteiger partial charge in [-0.1, -0.05) is 144 Å². The molecular formula is C65H90N2O10. The first kappa shape index (κ1) is 60.2. The van der Waals surface area contributed by atoms with Crippen LogP contribution in [0.2, 0.25) is 0 Å². The van der Waals surface area contributed by atoms with Crippen LogP contribution in [0.4, 0.5) is 9.59 Å². The molecule has 12 heteroatoms. The number of ether oxygens (including phenoxy) is 2. The van der Waals surface area contributed by atoms with Gasteiger partial charge in [0.05, 0.1) is 0 Å². The van der Waals surface area contributed by atoms with E-state index >= 15 is 9.59 Å². The molecule has 2 amide bonds. The molecule has 0 atom stereocenters. The number of rotatable bonds is 10. The fraction of sp³-hybridized carbons (Fsp3) is 0.569. The zero-order valence-corrected chi connectivity index (χ0v) is 49.9. The van der Waals surface area contributed by atoms with Crippen molar-refractivity contribution in [3.8, 4) is 23.0 Å². The van der Waals surface area contributed by atoms with Crippen LogP contribution in [-0.2, 0) is 43.1 Å². The number of hydrogen-bond donors (Lipinski definition) is 4. The van der Waals surface area contributed by atoms with Crippen molar-refractivity contribution in [1.29, 1.82) is 0 Å². The molecule has 4 N–H and O–H groups in total. The third-order valence-corrected chi connectivity index (χ3v) is 16.8. The number of amides is 2. The summed E-state index contributed by atoms with van der Waals surface area (Å²) in [7, 11) is 0. The predicted octanol–water partition coefficient (Wildman–Crippen LogP) is 14.9. The summed E-state index contributed by atoms with van der Waals surface area (Å²) >= 11 is 0. The molecule has 2 aliphatic rings. The minimum absolute atomic E-state index is 0.0420. The minimum atomic E-state index is -2.73. The van der Waals surface area contributed by atoms with Crippen molar-refractivity contribution < 1.29 is 49.1 Å². The molecule has 4 aromatic rings. The molecule has 77 heavy (non-hydrogen) atoms. The molecule has 0 aromatic heterocycles. The van der Waals surface area contributed by atoms with Crippen molar-refractivity contribution in [2.24, 2.45) is 17.3 Å². The largest absolute Gasteiger partial charge is 0.507 e. The second kappa shape index (κ2) is 20.0. The summed E-state index contributed by atoms with van der Waals surface area (Å²) in [5.41, 5.74) is -8.90. The molecule has 0 spiro atoms. The molecule has 0 saturated carbocycles. The van der Waals surface area contributed by atoms with Crippen LogP contribution >= 0.6 is 0 Å². The Morgan fingerprint density at radius 3 is 1.01 bits per heavy atom. The van der Waals surface area contributed by atoms with E-state index in [1.165, 1.54) is 0 Å². The summed E-state index contributed by atoms with van der Waals surface area (Å²) in [6.45, 7) is 39.1. The first-order chi connectivity index (χ1) is 35.0. The Balaban J connectivity index is 1.85. The fourth-order valence-electron chi connectivity index (χ4n) is 14.2. The van der Waals surface area contributed by atoms with Gasteiger partial charge in [-0.05, 0) is 172 Å². The number of carbonyl (C=O) groups is 4. The number of piperidine rings is 2. The Kier molecular flexibility index (Phi) is 15.6. The quantitative estimate of drug-likeness (QED) is 0.112. The maximum absolute atomic E-state index is 15.8. The molecule has 0 aliphatic carbocycles. The van der Waals surface area contributed by atoms with Gasteiger partial charge in [0.15, 0.2) is 5.41 Å². The Bertz CT molecular complexity index is 2660. The van der Waals surface area contributed by atoms with Crippen LogP contribution in [0.15, 0.2) is 84.9 Å². The van der Waals surface area contributed by atoms with E-state index in [0.29, 0.717) is 44.9 Å². The van der Waals surface area contributed by atoms with E-state index in [4.69, 9.17) is 9.47 Å². The summed E-state index contributed by atoms with van der Waals surface area (Å²) < 4.78 is 12.2. The Labute approximate surface area is 459 Å². The number of nitrogens with zero attached hydrogens (tertiary/aromatic N) is 2. The van der Waals surface area contributed by atoms with Crippen LogP contribution in [0.1, 0.15) is 198 Å². The SMILES string of the molecule is CC(C)(C)c1cc(CC(C(=O)O)(C(=O)O)C(c2cc(C(C)(C)C)c(O)c(C(C)(C)C)c2)(C2CC(C)(C)N(C(=O)Oc3ccccc3)C(C)(C)C2)C2CC(C)(C)N(C(=O)Oc3ccccc3)C(C)(C)C2)cc(C(C)(C)C)c1O. The predicted molar refractivity (Wildman–Crippen MR) is 304 cm³/mol. The van der Waals surface area contributed by atoms with Gasteiger partial charge in [0.25, 0.3) is 0 Å². The van der Waals surface area contributed by atoms with E-state index in [0.717, 1.165) is 0 Å². The van der Waals surface area contributed by atoms with E-state index in [9.17, 15) is 30.0 Å². The van der Waals surface area contributed by atoms with Crippen LogP contribution in [0.3, 0.4) is 0 Å². The van der Waals surface area contributed by atoms with Crippen molar-refractivity contribution in [3.63, 3.8) is 0 Å². The molecule has 2 aliphatic heterocycles. The average Bonchev–Trinajstić information content (AvgIpc) is 3.24. The monoisotopic (exact) mass is 1060 g/mol. The highest BCUT2D eigenvalue weighted by molar-refractivity contribution is 6.01. The summed E-state index contributed by atoms with van der Waals surface area (Å²) in [5.74, 6) is -3.99. The van der Waals surface area contributed by atoms with Crippen LogP contribution in [0, 0.1) is 17.3 Å². The van der Waals surface area contributed by atoms with E-state index < -0.39 is 97.0 Å². The maximum Gasteiger partial charge on any atom is 0.416 e. The highest BCUT2D eigenvalue weighted by Crippen LogP contribution is 2.66. The summed E-state index contributed by atoms with van der Waals surface area (Å²) in [6, 6.07) is 24.9. The number of hydrogen-bond acceptors (Lipinski definition) is 8. The first-order valence-corrected chi connectivity index (χ1v) is 27.3. The van der Waals surface area contributed by atoms with Gasteiger partial charge in [-0.25, -0.2) is 9.59 Å². The normalized spacial score (nSPS) is 18.4. The smallest absolute Gasteiger partial charge is 0.416 e. The second-order valence-corrected chi connectivity index (χ2v) is 29.0. The van der Waals surface area contributed by atoms with Gasteiger partial charge < -0.3 is 29.9 Å². The molecule has 12 nitrogen and oxygen atoms in total. The molecular weight excluding hydrogens is 969 g/mol. The highest BCUT2D eigenvalue weighted by Gasteiger charge is 2.73. The lowest BCUT2D eigenvalue weighted by molar-refractivity contribution is -0.188. The van der Waals surface area contributed by atoms with Gasteiger partial charge >= 0.3 is 24.1 Å². The van der Waals surface area contributed by atoms with E-state index in [2.05, 4.69) is 0 Å². The summed E-state index contributed by atoms with van der Waals surface area (Å²) in [4.78, 5) is 64.6. The number of carboxylic acid groups (broad SMARTS) is 2. The number of aliphatic carboxylic acids is 2. The highest BCUT2D eigenvalue weighted by atomic mass is 16.6. The Morgan fingerprint density at radius 2 is 0.753 bits per heavy atom. The molecule has 420 valence electrons. The number of phenolic OH excluding ortho intramolecular Hbond substituents is 2. The lowest BCUT2D eigenvalue weighted by atomic mass is 9.41. The van der Waals surface area contributed by atoms with E-state index in [1.807, 2.05) is 163 Å². The molecule has 2 saturated heterocycles. The summed E-state index contributed by atoms with van der Waals surface area (Å²) in [5, 5.41) is 50.3. The lowest BCUT2D eigenvalue weighted by Crippen LogP contribution is -2.73. The molecule has 4 aromatic carbocycles. The third-order valence-electron chi connectivity index (χ3n) is 16.8. The number of phenols is 2. The Hall–Kier alpha value is -6.04. The van der Waals surface area contributed by atoms with E-state index in [-0.39, 0.29) is 37.2 Å². The average molecular weight is 1060 g/mol. The van der Waals surface area contributed by atoms with Crippen molar-refractivity contribution in [2.75, 3.05) is 0 Å². The van der Waals surface area contributed by atoms with Crippen LogP contribution in [-0.4, -0.2) is 76.5 Å². The number of aromatic hydroxyl groups is 2. The zero-order chi connectivity index (χ0) is 58.2.